The Bertz CT molecular complexity index is 870. The summed E-state index contributed by atoms with van der Waals surface area (Å²) < 4.78 is 5.42. The molecule has 1 saturated heterocycles. The third-order valence-corrected chi connectivity index (χ3v) is 5.90. The molecule has 1 aromatic heterocycles. The molecule has 5 nitrogen and oxygen atoms in total. The lowest BCUT2D eigenvalue weighted by Gasteiger charge is -2.09. The lowest BCUT2D eigenvalue weighted by molar-refractivity contribution is -0.140. The van der Waals surface area contributed by atoms with Gasteiger partial charge >= 0.3 is 5.97 Å². The number of carboxylic acids is 1. The van der Waals surface area contributed by atoms with Crippen LogP contribution in [0.15, 0.2) is 41.3 Å². The molecule has 1 fully saturated rings. The van der Waals surface area contributed by atoms with Crippen molar-refractivity contribution in [2.75, 3.05) is 13.7 Å². The molecule has 0 aliphatic carbocycles. The summed E-state index contributed by atoms with van der Waals surface area (Å²) in [4.78, 5) is 26.6. The molecule has 25 heavy (non-hydrogen) atoms. The van der Waals surface area contributed by atoms with Crippen molar-refractivity contribution < 1.29 is 19.4 Å². The zero-order chi connectivity index (χ0) is 18.0. The number of methoxy groups -OCH3 is 1. The number of hydrogen-bond acceptors (Lipinski definition) is 6. The average molecular weight is 391 g/mol. The van der Waals surface area contributed by atoms with Crippen molar-refractivity contribution in [2.45, 2.75) is 0 Å². The van der Waals surface area contributed by atoms with Crippen molar-refractivity contribution in [3.63, 3.8) is 0 Å². The molecule has 2 aromatic rings. The van der Waals surface area contributed by atoms with E-state index in [1.165, 1.54) is 0 Å². The molecule has 128 valence electrons. The van der Waals surface area contributed by atoms with Gasteiger partial charge in [0.15, 0.2) is 0 Å². The first-order chi connectivity index (χ1) is 12.0. The second kappa shape index (κ2) is 7.38. The maximum Gasteiger partial charge on any atom is 0.323 e. The van der Waals surface area contributed by atoms with Crippen molar-refractivity contribution in [2.24, 2.45) is 0 Å². The Hall–Kier alpha value is -2.16. The topological polar surface area (TPSA) is 66.8 Å². The van der Waals surface area contributed by atoms with Gasteiger partial charge < -0.3 is 9.84 Å². The van der Waals surface area contributed by atoms with E-state index >= 15 is 0 Å². The van der Waals surface area contributed by atoms with E-state index in [0.29, 0.717) is 4.91 Å². The molecule has 1 aliphatic rings. The van der Waals surface area contributed by atoms with Crippen LogP contribution in [0.2, 0.25) is 0 Å². The second-order valence-electron chi connectivity index (χ2n) is 5.09. The van der Waals surface area contributed by atoms with Crippen LogP contribution < -0.4 is 4.74 Å². The zero-order valence-electron chi connectivity index (χ0n) is 13.1. The first kappa shape index (κ1) is 17.7. The fourth-order valence-electron chi connectivity index (χ4n) is 2.24. The summed E-state index contributed by atoms with van der Waals surface area (Å²) in [6.07, 6.45) is 1.75. The van der Waals surface area contributed by atoms with Crippen LogP contribution in [0.25, 0.3) is 16.5 Å². The smallest absolute Gasteiger partial charge is 0.323 e. The lowest BCUT2D eigenvalue weighted by atomic mass is 10.2. The van der Waals surface area contributed by atoms with Gasteiger partial charge in [0.2, 0.25) is 0 Å². The van der Waals surface area contributed by atoms with Gasteiger partial charge in [-0.3, -0.25) is 14.5 Å². The number of carbonyl (C=O) groups is 2. The number of carboxylic acid groups (broad SMARTS) is 1. The number of amides is 1. The molecule has 0 atom stereocenters. The Balaban J connectivity index is 1.80. The van der Waals surface area contributed by atoms with Crippen molar-refractivity contribution in [3.8, 4) is 16.2 Å². The molecule has 8 heteroatoms. The third-order valence-electron chi connectivity index (χ3n) is 3.44. The highest BCUT2D eigenvalue weighted by Crippen LogP contribution is 2.35. The van der Waals surface area contributed by atoms with E-state index in [4.69, 9.17) is 22.1 Å². The quantitative estimate of drug-likeness (QED) is 0.619. The van der Waals surface area contributed by atoms with Crippen LogP contribution >= 0.6 is 35.3 Å². The fourth-order valence-corrected chi connectivity index (χ4v) is 4.52. The summed E-state index contributed by atoms with van der Waals surface area (Å²) in [6, 6.07) is 11.6. The van der Waals surface area contributed by atoms with Gasteiger partial charge in [-0.15, -0.1) is 11.3 Å². The molecule has 0 radical (unpaired) electrons. The van der Waals surface area contributed by atoms with Gasteiger partial charge in [0.05, 0.1) is 12.0 Å². The molecule has 1 aromatic carbocycles. The summed E-state index contributed by atoms with van der Waals surface area (Å²) in [5.41, 5.74) is 1.06. The van der Waals surface area contributed by atoms with Gasteiger partial charge in [0.25, 0.3) is 5.91 Å². The van der Waals surface area contributed by atoms with E-state index in [-0.39, 0.29) is 10.2 Å². The molecule has 2 heterocycles. The second-order valence-corrected chi connectivity index (χ2v) is 7.88. The molecule has 0 spiro atoms. The molecule has 1 N–H and O–H groups in total. The highest BCUT2D eigenvalue weighted by molar-refractivity contribution is 8.26. The number of thioether (sulfide) groups is 1. The molecule has 0 bridgehead atoms. The Kier molecular flexibility index (Phi) is 5.22. The van der Waals surface area contributed by atoms with E-state index in [1.54, 1.807) is 24.5 Å². The number of ether oxygens (including phenoxy) is 1. The normalized spacial score (nSPS) is 15.9. The van der Waals surface area contributed by atoms with E-state index in [2.05, 4.69) is 0 Å². The largest absolute Gasteiger partial charge is 0.497 e. The fraction of sp³-hybridized carbons (Fsp3) is 0.118. The summed E-state index contributed by atoms with van der Waals surface area (Å²) in [7, 11) is 1.62. The van der Waals surface area contributed by atoms with Crippen molar-refractivity contribution in [3.05, 3.63) is 46.2 Å². The number of thiocarbonyl (C=S) groups is 1. The van der Waals surface area contributed by atoms with Gasteiger partial charge in [0.1, 0.15) is 16.6 Å². The molecule has 0 unspecified atom stereocenters. The standard InChI is InChI=1S/C17H13NO4S3/c1-22-11-4-2-10(3-5-11)13-7-6-12(24-13)8-14-16(21)18(9-15(19)20)17(23)25-14/h2-8H,9H2,1H3,(H,19,20)/b14-8-. The predicted octanol–water partition coefficient (Wildman–Crippen LogP) is 3.71. The first-order valence-corrected chi connectivity index (χ1v) is 9.23. The van der Waals surface area contributed by atoms with Gasteiger partial charge in [-0.1, -0.05) is 24.0 Å². The highest BCUT2D eigenvalue weighted by Gasteiger charge is 2.33. The third kappa shape index (κ3) is 3.92. The van der Waals surface area contributed by atoms with Crippen LogP contribution in [0, 0.1) is 0 Å². The van der Waals surface area contributed by atoms with Crippen LogP contribution in [0.4, 0.5) is 0 Å². The van der Waals surface area contributed by atoms with Crippen LogP contribution in [-0.2, 0) is 9.59 Å². The Labute approximate surface area is 157 Å². The molecule has 3 rings (SSSR count). The molecular weight excluding hydrogens is 378 g/mol. The van der Waals surface area contributed by atoms with Gasteiger partial charge in [-0.25, -0.2) is 0 Å². The number of rotatable bonds is 5. The van der Waals surface area contributed by atoms with Crippen molar-refractivity contribution in [1.29, 1.82) is 0 Å². The van der Waals surface area contributed by atoms with Crippen LogP contribution in [0.1, 0.15) is 4.88 Å². The van der Waals surface area contributed by atoms with Crippen LogP contribution in [0.5, 0.6) is 5.75 Å². The molecule has 0 saturated carbocycles. The minimum absolute atomic E-state index is 0.269. The Morgan fingerprint density at radius 2 is 2.00 bits per heavy atom. The highest BCUT2D eigenvalue weighted by atomic mass is 32.2. The number of thiophene rings is 1. The van der Waals surface area contributed by atoms with Crippen molar-refractivity contribution in [1.82, 2.24) is 4.90 Å². The molecule has 1 aliphatic heterocycles. The van der Waals surface area contributed by atoms with Crippen molar-refractivity contribution >= 4 is 57.6 Å². The summed E-state index contributed by atoms with van der Waals surface area (Å²) in [6.45, 7) is -0.413. The summed E-state index contributed by atoms with van der Waals surface area (Å²) in [5, 5.41) is 8.86. The maximum absolute atomic E-state index is 12.3. The summed E-state index contributed by atoms with van der Waals surface area (Å²) in [5.74, 6) is -0.658. The number of hydrogen-bond donors (Lipinski definition) is 1. The lowest BCUT2D eigenvalue weighted by Crippen LogP contribution is -2.33. The van der Waals surface area contributed by atoms with E-state index in [9.17, 15) is 9.59 Å². The number of aliphatic carboxylic acids is 1. The van der Waals surface area contributed by atoms with E-state index < -0.39 is 12.5 Å². The number of nitrogens with zero attached hydrogens (tertiary/aromatic N) is 1. The Morgan fingerprint density at radius 1 is 1.28 bits per heavy atom. The minimum atomic E-state index is -1.09. The van der Waals surface area contributed by atoms with Gasteiger partial charge in [0, 0.05) is 9.75 Å². The monoisotopic (exact) mass is 391 g/mol. The Morgan fingerprint density at radius 3 is 2.64 bits per heavy atom. The predicted molar refractivity (Wildman–Crippen MR) is 104 cm³/mol. The zero-order valence-corrected chi connectivity index (χ0v) is 15.5. The first-order valence-electron chi connectivity index (χ1n) is 7.19. The maximum atomic E-state index is 12.3. The molecule has 1 amide bonds. The minimum Gasteiger partial charge on any atom is -0.497 e. The van der Waals surface area contributed by atoms with E-state index in [0.717, 1.165) is 37.7 Å². The number of carbonyl (C=O) groups excluding carboxylic acids is 1. The average Bonchev–Trinajstić information content (AvgIpc) is 3.15. The van der Waals surface area contributed by atoms with Gasteiger partial charge in [-0.05, 0) is 48.0 Å². The molecular formula is C17H13NO4S3. The number of benzene rings is 1. The van der Waals surface area contributed by atoms with E-state index in [1.807, 2.05) is 36.4 Å². The van der Waals surface area contributed by atoms with Crippen LogP contribution in [-0.4, -0.2) is 39.9 Å². The van der Waals surface area contributed by atoms with Crippen LogP contribution in [0.3, 0.4) is 0 Å². The SMILES string of the molecule is COc1ccc(-c2ccc(/C=C3\SC(=S)N(CC(=O)O)C3=O)s2)cc1. The summed E-state index contributed by atoms with van der Waals surface area (Å²) >= 11 is 7.76. The van der Waals surface area contributed by atoms with Gasteiger partial charge in [-0.2, -0.15) is 0 Å².